The van der Waals surface area contributed by atoms with Crippen molar-refractivity contribution in [3.05, 3.63) is 58.0 Å². The molecule has 0 aliphatic carbocycles. The monoisotopic (exact) mass is 366 g/mol. The molecular formula is C20H22N4O3. The summed E-state index contributed by atoms with van der Waals surface area (Å²) in [4.78, 5) is 31.6. The number of likely N-dealkylation sites (tertiary alicyclic amines) is 1. The van der Waals surface area contributed by atoms with Crippen LogP contribution in [0, 0.1) is 13.8 Å². The first kappa shape index (κ1) is 17.5. The van der Waals surface area contributed by atoms with Crippen LogP contribution in [0.4, 0.5) is 0 Å². The molecule has 0 radical (unpaired) electrons. The average Bonchev–Trinajstić information content (AvgIpc) is 3.11. The summed E-state index contributed by atoms with van der Waals surface area (Å²) in [6.07, 6.45) is 2.80. The minimum absolute atomic E-state index is 0.00699. The van der Waals surface area contributed by atoms with Crippen molar-refractivity contribution in [3.63, 3.8) is 0 Å². The molecule has 27 heavy (non-hydrogen) atoms. The predicted molar refractivity (Wildman–Crippen MR) is 100 cm³/mol. The lowest BCUT2D eigenvalue weighted by Crippen LogP contribution is -2.40. The summed E-state index contributed by atoms with van der Waals surface area (Å²) in [6, 6.07) is 8.80. The van der Waals surface area contributed by atoms with Gasteiger partial charge in [-0.15, -0.1) is 0 Å². The summed E-state index contributed by atoms with van der Waals surface area (Å²) in [5.41, 5.74) is 1.52. The summed E-state index contributed by atoms with van der Waals surface area (Å²) in [5.74, 6) is 1.07. The van der Waals surface area contributed by atoms with Gasteiger partial charge >= 0.3 is 0 Å². The predicted octanol–water partition coefficient (Wildman–Crippen LogP) is 2.76. The van der Waals surface area contributed by atoms with Gasteiger partial charge in [0.15, 0.2) is 11.3 Å². The van der Waals surface area contributed by atoms with E-state index < -0.39 is 0 Å². The second-order valence-electron chi connectivity index (χ2n) is 7.03. The lowest BCUT2D eigenvalue weighted by Gasteiger charge is -2.34. The van der Waals surface area contributed by atoms with Crippen molar-refractivity contribution in [1.29, 1.82) is 0 Å². The molecule has 3 heterocycles. The van der Waals surface area contributed by atoms with Crippen molar-refractivity contribution in [1.82, 2.24) is 19.6 Å². The molecule has 7 heteroatoms. The first-order chi connectivity index (χ1) is 13.0. The molecule has 0 N–H and O–H groups in total. The number of carbonyl (C=O) groups excluding carboxylic acids is 1. The zero-order chi connectivity index (χ0) is 19.0. The maximum atomic E-state index is 13.2. The number of rotatable bonds is 3. The van der Waals surface area contributed by atoms with E-state index >= 15 is 0 Å². The van der Waals surface area contributed by atoms with Crippen molar-refractivity contribution in [2.24, 2.45) is 0 Å². The molecule has 7 nitrogen and oxygen atoms in total. The third-order valence-corrected chi connectivity index (χ3v) is 5.17. The number of hydrogen-bond donors (Lipinski definition) is 0. The third kappa shape index (κ3) is 3.25. The first-order valence-electron chi connectivity index (χ1n) is 9.23. The van der Waals surface area contributed by atoms with Gasteiger partial charge in [0.2, 0.25) is 11.8 Å². The highest BCUT2D eigenvalue weighted by atomic mass is 16.5. The number of nitrogens with zero attached hydrogens (tertiary/aromatic N) is 4. The molecule has 4 rings (SSSR count). The van der Waals surface area contributed by atoms with Crippen molar-refractivity contribution >= 4 is 16.8 Å². The average molecular weight is 366 g/mol. The zero-order valence-electron chi connectivity index (χ0n) is 15.5. The van der Waals surface area contributed by atoms with Crippen LogP contribution in [0.3, 0.4) is 0 Å². The van der Waals surface area contributed by atoms with E-state index in [4.69, 9.17) is 4.52 Å². The summed E-state index contributed by atoms with van der Waals surface area (Å²) >= 11 is 0. The van der Waals surface area contributed by atoms with Gasteiger partial charge in [-0.05, 0) is 45.2 Å². The van der Waals surface area contributed by atoms with Gasteiger partial charge in [0.1, 0.15) is 12.6 Å². The maximum absolute atomic E-state index is 13.2. The molecule has 2 aromatic heterocycles. The highest BCUT2D eigenvalue weighted by Crippen LogP contribution is 2.30. The van der Waals surface area contributed by atoms with E-state index in [9.17, 15) is 9.59 Å². The second kappa shape index (κ2) is 6.98. The molecule has 3 aromatic rings. The number of amides is 1. The van der Waals surface area contributed by atoms with E-state index in [0.29, 0.717) is 23.6 Å². The van der Waals surface area contributed by atoms with Crippen LogP contribution in [-0.4, -0.2) is 32.1 Å². The fourth-order valence-electron chi connectivity index (χ4n) is 3.82. The van der Waals surface area contributed by atoms with E-state index in [0.717, 1.165) is 30.5 Å². The van der Waals surface area contributed by atoms with Gasteiger partial charge in [-0.3, -0.25) is 9.59 Å². The van der Waals surface area contributed by atoms with Crippen LogP contribution in [-0.2, 0) is 11.3 Å². The molecule has 1 aliphatic heterocycles. The number of carbonyl (C=O) groups is 1. The number of para-hydroxylation sites is 1. The Kier molecular flexibility index (Phi) is 4.51. The smallest absolute Gasteiger partial charge is 0.249 e. The van der Waals surface area contributed by atoms with Gasteiger partial charge in [-0.25, -0.2) is 0 Å². The minimum Gasteiger partial charge on any atom is -0.337 e. The lowest BCUT2D eigenvalue weighted by molar-refractivity contribution is -0.136. The van der Waals surface area contributed by atoms with Crippen molar-refractivity contribution in [3.8, 4) is 0 Å². The molecule has 1 fully saturated rings. The topological polar surface area (TPSA) is 81.2 Å². The SMILES string of the molecule is Cc1noc([C@@H]2CCCCN2C(=O)Cn2c(C)cc(=O)c3ccccc32)n1. The van der Waals surface area contributed by atoms with Crippen LogP contribution in [0.5, 0.6) is 0 Å². The fraction of sp³-hybridized carbons (Fsp3) is 0.400. The van der Waals surface area contributed by atoms with Gasteiger partial charge in [0.05, 0.1) is 5.52 Å². The fourth-order valence-corrected chi connectivity index (χ4v) is 3.82. The van der Waals surface area contributed by atoms with Gasteiger partial charge in [-0.2, -0.15) is 4.98 Å². The highest BCUT2D eigenvalue weighted by Gasteiger charge is 2.32. The number of piperidine rings is 1. The second-order valence-corrected chi connectivity index (χ2v) is 7.03. The Bertz CT molecular complexity index is 1050. The molecule has 140 valence electrons. The van der Waals surface area contributed by atoms with Gasteiger partial charge in [0.25, 0.3) is 0 Å². The van der Waals surface area contributed by atoms with Gasteiger partial charge in [0, 0.05) is 23.7 Å². The van der Waals surface area contributed by atoms with Crippen LogP contribution in [0.2, 0.25) is 0 Å². The molecular weight excluding hydrogens is 344 g/mol. The van der Waals surface area contributed by atoms with Crippen LogP contribution >= 0.6 is 0 Å². The quantitative estimate of drug-likeness (QED) is 0.712. The summed E-state index contributed by atoms with van der Waals surface area (Å²) in [6.45, 7) is 4.48. The minimum atomic E-state index is -0.182. The molecule has 0 unspecified atom stereocenters. The molecule has 0 spiro atoms. The van der Waals surface area contributed by atoms with Crippen LogP contribution in [0.25, 0.3) is 10.9 Å². The molecule has 1 amide bonds. The van der Waals surface area contributed by atoms with Crippen LogP contribution in [0.15, 0.2) is 39.6 Å². The first-order valence-corrected chi connectivity index (χ1v) is 9.23. The Hall–Kier alpha value is -2.96. The molecule has 0 bridgehead atoms. The summed E-state index contributed by atoms with van der Waals surface area (Å²) in [5, 5.41) is 4.49. The Labute approximate surface area is 156 Å². The van der Waals surface area contributed by atoms with Gasteiger partial charge in [-0.1, -0.05) is 17.3 Å². The number of hydrogen-bond acceptors (Lipinski definition) is 5. The maximum Gasteiger partial charge on any atom is 0.249 e. The van der Waals surface area contributed by atoms with E-state index in [-0.39, 0.29) is 23.9 Å². The number of aryl methyl sites for hydroxylation is 2. The Morgan fingerprint density at radius 2 is 2.07 bits per heavy atom. The standard InChI is InChI=1S/C20H22N4O3/c1-13-11-18(25)15-7-3-4-8-16(15)24(13)12-19(26)23-10-6-5-9-17(23)20-21-14(2)22-27-20/h3-4,7-8,11,17H,5-6,9-10,12H2,1-2H3/t17-/m0/s1. The van der Waals surface area contributed by atoms with Gasteiger partial charge < -0.3 is 14.0 Å². The molecule has 1 aromatic carbocycles. The Morgan fingerprint density at radius 3 is 2.85 bits per heavy atom. The van der Waals surface area contributed by atoms with E-state index in [1.165, 1.54) is 0 Å². The number of pyridine rings is 1. The lowest BCUT2D eigenvalue weighted by atomic mass is 10.0. The third-order valence-electron chi connectivity index (χ3n) is 5.17. The van der Waals surface area contributed by atoms with E-state index in [1.807, 2.05) is 34.6 Å². The van der Waals surface area contributed by atoms with Crippen molar-refractivity contribution in [2.45, 2.75) is 45.7 Å². The Balaban J connectivity index is 1.67. The molecule has 1 atom stereocenters. The van der Waals surface area contributed by atoms with E-state index in [1.54, 1.807) is 19.1 Å². The molecule has 0 saturated carbocycles. The van der Waals surface area contributed by atoms with Crippen molar-refractivity contribution in [2.75, 3.05) is 6.54 Å². The highest BCUT2D eigenvalue weighted by molar-refractivity contribution is 5.83. The van der Waals surface area contributed by atoms with Crippen LogP contribution < -0.4 is 5.43 Å². The normalized spacial score (nSPS) is 17.4. The number of aromatic nitrogens is 3. The largest absolute Gasteiger partial charge is 0.337 e. The van der Waals surface area contributed by atoms with Crippen LogP contribution in [0.1, 0.15) is 42.7 Å². The number of fused-ring (bicyclic) bond motifs is 1. The summed E-state index contributed by atoms with van der Waals surface area (Å²) in [7, 11) is 0. The molecule has 1 aliphatic rings. The van der Waals surface area contributed by atoms with Crippen molar-refractivity contribution < 1.29 is 9.32 Å². The zero-order valence-corrected chi connectivity index (χ0v) is 15.5. The summed E-state index contributed by atoms with van der Waals surface area (Å²) < 4.78 is 7.25. The Morgan fingerprint density at radius 1 is 1.26 bits per heavy atom. The number of benzene rings is 1. The molecule has 1 saturated heterocycles. The van der Waals surface area contributed by atoms with E-state index in [2.05, 4.69) is 10.1 Å².